The quantitative estimate of drug-likeness (QED) is 0.877. The SMILES string of the molecule is Cc1ccc(C(=O)NCC(C)C)c(C2CCN(C(=O)c3ccoc3)CC2)n1. The van der Waals surface area contributed by atoms with Gasteiger partial charge in [-0.1, -0.05) is 13.8 Å². The Kier molecular flexibility index (Phi) is 5.94. The number of amides is 2. The third kappa shape index (κ3) is 4.56. The molecule has 3 heterocycles. The molecule has 1 N–H and O–H groups in total. The van der Waals surface area contributed by atoms with Gasteiger partial charge in [-0.15, -0.1) is 0 Å². The zero-order chi connectivity index (χ0) is 19.4. The lowest BCUT2D eigenvalue weighted by atomic mass is 9.89. The first-order chi connectivity index (χ1) is 13.0. The first kappa shape index (κ1) is 19.1. The molecule has 1 aliphatic heterocycles. The van der Waals surface area contributed by atoms with Crippen molar-refractivity contribution in [2.75, 3.05) is 19.6 Å². The Labute approximate surface area is 160 Å². The van der Waals surface area contributed by atoms with Crippen molar-refractivity contribution in [2.45, 2.75) is 39.5 Å². The minimum Gasteiger partial charge on any atom is -0.472 e. The molecule has 2 aromatic heterocycles. The number of piperidine rings is 1. The number of carbonyl (C=O) groups excluding carboxylic acids is 2. The smallest absolute Gasteiger partial charge is 0.257 e. The second-order valence-electron chi connectivity index (χ2n) is 7.57. The van der Waals surface area contributed by atoms with Crippen molar-refractivity contribution in [3.63, 3.8) is 0 Å². The summed E-state index contributed by atoms with van der Waals surface area (Å²) < 4.78 is 5.01. The maximum absolute atomic E-state index is 12.6. The molecule has 0 aromatic carbocycles. The van der Waals surface area contributed by atoms with E-state index >= 15 is 0 Å². The van der Waals surface area contributed by atoms with Gasteiger partial charge in [0.15, 0.2) is 0 Å². The molecular weight excluding hydrogens is 342 g/mol. The van der Waals surface area contributed by atoms with Crippen LogP contribution < -0.4 is 5.32 Å². The molecule has 6 heteroatoms. The third-order valence-corrected chi connectivity index (χ3v) is 4.92. The number of nitrogens with zero attached hydrogens (tertiary/aromatic N) is 2. The van der Waals surface area contributed by atoms with E-state index < -0.39 is 0 Å². The number of rotatable bonds is 5. The summed E-state index contributed by atoms with van der Waals surface area (Å²) in [6.07, 6.45) is 4.58. The summed E-state index contributed by atoms with van der Waals surface area (Å²) >= 11 is 0. The zero-order valence-electron chi connectivity index (χ0n) is 16.2. The normalized spacial score (nSPS) is 15.2. The average molecular weight is 369 g/mol. The molecule has 6 nitrogen and oxygen atoms in total. The largest absolute Gasteiger partial charge is 0.472 e. The van der Waals surface area contributed by atoms with E-state index in [4.69, 9.17) is 4.42 Å². The summed E-state index contributed by atoms with van der Waals surface area (Å²) in [5, 5.41) is 2.99. The molecule has 1 saturated heterocycles. The van der Waals surface area contributed by atoms with Crippen molar-refractivity contribution in [1.29, 1.82) is 0 Å². The molecule has 0 bridgehead atoms. The van der Waals surface area contributed by atoms with Crippen molar-refractivity contribution in [2.24, 2.45) is 5.92 Å². The Morgan fingerprint density at radius 2 is 2.00 bits per heavy atom. The number of pyridine rings is 1. The summed E-state index contributed by atoms with van der Waals surface area (Å²) in [4.78, 5) is 31.6. The van der Waals surface area contributed by atoms with Crippen LogP contribution in [0.15, 0.2) is 35.1 Å². The summed E-state index contributed by atoms with van der Waals surface area (Å²) in [6.45, 7) is 8.03. The highest BCUT2D eigenvalue weighted by molar-refractivity contribution is 5.95. The molecule has 2 aromatic rings. The number of likely N-dealkylation sites (tertiary alicyclic amines) is 1. The van der Waals surface area contributed by atoms with E-state index in [1.54, 1.807) is 6.07 Å². The van der Waals surface area contributed by atoms with E-state index in [1.165, 1.54) is 12.5 Å². The Hall–Kier alpha value is -2.63. The Morgan fingerprint density at radius 1 is 1.26 bits per heavy atom. The van der Waals surface area contributed by atoms with Crippen LogP contribution in [-0.4, -0.2) is 41.3 Å². The zero-order valence-corrected chi connectivity index (χ0v) is 16.2. The number of nitrogens with one attached hydrogen (secondary N) is 1. The lowest BCUT2D eigenvalue weighted by Gasteiger charge is -2.32. The molecule has 2 amide bonds. The van der Waals surface area contributed by atoms with Gasteiger partial charge in [-0.25, -0.2) is 0 Å². The number of furan rings is 1. The van der Waals surface area contributed by atoms with E-state index in [-0.39, 0.29) is 17.7 Å². The van der Waals surface area contributed by atoms with Crippen molar-refractivity contribution >= 4 is 11.8 Å². The first-order valence-electron chi connectivity index (χ1n) is 9.53. The first-order valence-corrected chi connectivity index (χ1v) is 9.53. The van der Waals surface area contributed by atoms with Crippen LogP contribution in [0.1, 0.15) is 64.7 Å². The molecule has 144 valence electrons. The summed E-state index contributed by atoms with van der Waals surface area (Å²) in [7, 11) is 0. The molecule has 0 spiro atoms. The fraction of sp³-hybridized carbons (Fsp3) is 0.476. The minimum atomic E-state index is -0.0666. The van der Waals surface area contributed by atoms with Crippen LogP contribution in [0.25, 0.3) is 0 Å². The van der Waals surface area contributed by atoms with Gasteiger partial charge in [-0.3, -0.25) is 14.6 Å². The minimum absolute atomic E-state index is 0.00528. The Bertz CT molecular complexity index is 791. The van der Waals surface area contributed by atoms with Gasteiger partial charge in [0.05, 0.1) is 23.1 Å². The highest BCUT2D eigenvalue weighted by atomic mass is 16.3. The van der Waals surface area contributed by atoms with Gasteiger partial charge in [-0.05, 0) is 43.9 Å². The molecule has 0 atom stereocenters. The van der Waals surface area contributed by atoms with Crippen molar-refractivity contribution in [3.05, 3.63) is 53.2 Å². The molecular formula is C21H27N3O3. The van der Waals surface area contributed by atoms with Crippen LogP contribution >= 0.6 is 0 Å². The maximum Gasteiger partial charge on any atom is 0.257 e. The lowest BCUT2D eigenvalue weighted by Crippen LogP contribution is -2.38. The van der Waals surface area contributed by atoms with Gasteiger partial charge < -0.3 is 14.6 Å². The lowest BCUT2D eigenvalue weighted by molar-refractivity contribution is 0.0709. The van der Waals surface area contributed by atoms with Crippen molar-refractivity contribution < 1.29 is 14.0 Å². The standard InChI is InChI=1S/C21H27N3O3/c1-14(2)12-22-20(25)18-5-4-15(3)23-19(18)16-6-9-24(10-7-16)21(26)17-8-11-27-13-17/h4-5,8,11,13-14,16H,6-7,9-10,12H2,1-3H3,(H,22,25). The van der Waals surface area contributed by atoms with Crippen molar-refractivity contribution in [3.8, 4) is 0 Å². The van der Waals surface area contributed by atoms with E-state index in [0.29, 0.717) is 36.7 Å². The van der Waals surface area contributed by atoms with Crippen LogP contribution in [0.3, 0.4) is 0 Å². The summed E-state index contributed by atoms with van der Waals surface area (Å²) in [6, 6.07) is 5.44. The second-order valence-corrected chi connectivity index (χ2v) is 7.57. The van der Waals surface area contributed by atoms with Crippen molar-refractivity contribution in [1.82, 2.24) is 15.2 Å². The number of carbonyl (C=O) groups is 2. The van der Waals surface area contributed by atoms with E-state index in [9.17, 15) is 9.59 Å². The van der Waals surface area contributed by atoms with E-state index in [2.05, 4.69) is 24.1 Å². The molecule has 1 fully saturated rings. The van der Waals surface area contributed by atoms with Gasteiger partial charge in [-0.2, -0.15) is 0 Å². The molecule has 0 unspecified atom stereocenters. The highest BCUT2D eigenvalue weighted by Gasteiger charge is 2.28. The summed E-state index contributed by atoms with van der Waals surface area (Å²) in [5.41, 5.74) is 2.99. The second kappa shape index (κ2) is 8.37. The molecule has 0 radical (unpaired) electrons. The Balaban J connectivity index is 1.71. The fourth-order valence-electron chi connectivity index (χ4n) is 3.40. The maximum atomic E-state index is 12.6. The molecule has 0 aliphatic carbocycles. The fourth-order valence-corrected chi connectivity index (χ4v) is 3.40. The van der Waals surface area contributed by atoms with Crippen LogP contribution in [0, 0.1) is 12.8 Å². The number of aryl methyl sites for hydroxylation is 1. The van der Waals surface area contributed by atoms with Gasteiger partial charge in [0.2, 0.25) is 0 Å². The van der Waals surface area contributed by atoms with E-state index in [1.807, 2.05) is 24.0 Å². The third-order valence-electron chi connectivity index (χ3n) is 4.92. The molecule has 3 rings (SSSR count). The van der Waals surface area contributed by atoms with Crippen LogP contribution in [0.4, 0.5) is 0 Å². The van der Waals surface area contributed by atoms with Crippen LogP contribution in [0.2, 0.25) is 0 Å². The highest BCUT2D eigenvalue weighted by Crippen LogP contribution is 2.30. The molecule has 27 heavy (non-hydrogen) atoms. The monoisotopic (exact) mass is 369 g/mol. The van der Waals surface area contributed by atoms with Gasteiger partial charge in [0.1, 0.15) is 6.26 Å². The van der Waals surface area contributed by atoms with E-state index in [0.717, 1.165) is 24.2 Å². The summed E-state index contributed by atoms with van der Waals surface area (Å²) in [5.74, 6) is 0.503. The van der Waals surface area contributed by atoms with Gasteiger partial charge in [0, 0.05) is 31.2 Å². The van der Waals surface area contributed by atoms with Gasteiger partial charge in [0.25, 0.3) is 11.8 Å². The van der Waals surface area contributed by atoms with Crippen LogP contribution in [-0.2, 0) is 0 Å². The topological polar surface area (TPSA) is 75.4 Å². The predicted molar refractivity (Wildman–Crippen MR) is 103 cm³/mol. The van der Waals surface area contributed by atoms with Gasteiger partial charge >= 0.3 is 0 Å². The average Bonchev–Trinajstić information content (AvgIpc) is 3.20. The number of hydrogen-bond acceptors (Lipinski definition) is 4. The Morgan fingerprint density at radius 3 is 2.63 bits per heavy atom. The number of aromatic nitrogens is 1. The molecule has 1 aliphatic rings. The predicted octanol–water partition coefficient (Wildman–Crippen LogP) is 3.39. The van der Waals surface area contributed by atoms with Crippen LogP contribution in [0.5, 0.6) is 0 Å². The molecule has 0 saturated carbocycles. The number of hydrogen-bond donors (Lipinski definition) is 1.